The summed E-state index contributed by atoms with van der Waals surface area (Å²) < 4.78 is 41.8. The van der Waals surface area contributed by atoms with Crippen molar-refractivity contribution in [2.45, 2.75) is 58.5 Å². The molecule has 4 aromatic rings. The second-order valence-electron chi connectivity index (χ2n) is 11.6. The summed E-state index contributed by atoms with van der Waals surface area (Å²) in [6, 6.07) is 25.7. The van der Waals surface area contributed by atoms with Crippen molar-refractivity contribution in [3.8, 4) is 11.5 Å². The minimum atomic E-state index is -3.71. The van der Waals surface area contributed by atoms with Gasteiger partial charge in [0, 0.05) is 24.7 Å². The topological polar surface area (TPSA) is 55.8 Å². The zero-order chi connectivity index (χ0) is 31.0. The molecule has 7 heteroatoms. The van der Waals surface area contributed by atoms with Crippen molar-refractivity contribution in [1.29, 1.82) is 0 Å². The average molecular weight is 604 g/mol. The van der Waals surface area contributed by atoms with Crippen LogP contribution in [0.15, 0.2) is 83.8 Å². The van der Waals surface area contributed by atoms with Gasteiger partial charge < -0.3 is 14.0 Å². The number of unbranched alkanes of at least 4 members (excludes halogenated alkanes) is 1. The van der Waals surface area contributed by atoms with Crippen molar-refractivity contribution in [1.82, 2.24) is 4.31 Å². The van der Waals surface area contributed by atoms with Crippen LogP contribution in [0.4, 0.5) is 0 Å². The van der Waals surface area contributed by atoms with Crippen molar-refractivity contribution in [2.24, 2.45) is 0 Å². The molecule has 0 fully saturated rings. The molecule has 0 radical (unpaired) electrons. The lowest BCUT2D eigenvalue weighted by molar-refractivity contribution is -0.938. The lowest BCUT2D eigenvalue weighted by atomic mass is 10.1. The first kappa shape index (κ1) is 32.5. The Labute approximate surface area is 258 Å². The normalized spacial score (nSPS) is 12.2. The van der Waals surface area contributed by atoms with Crippen molar-refractivity contribution < 1.29 is 22.4 Å². The minimum absolute atomic E-state index is 0.342. The van der Waals surface area contributed by atoms with Crippen LogP contribution in [0, 0.1) is 13.8 Å². The second kappa shape index (κ2) is 14.4. The van der Waals surface area contributed by atoms with Crippen molar-refractivity contribution in [2.75, 3.05) is 40.4 Å². The predicted molar refractivity (Wildman–Crippen MR) is 176 cm³/mol. The first-order valence-electron chi connectivity index (χ1n) is 15.2. The largest absolute Gasteiger partial charge is 0.497 e. The van der Waals surface area contributed by atoms with E-state index in [1.807, 2.05) is 36.4 Å². The van der Waals surface area contributed by atoms with Crippen LogP contribution in [0.3, 0.4) is 0 Å². The monoisotopic (exact) mass is 603 g/mol. The molecule has 0 unspecified atom stereocenters. The van der Waals surface area contributed by atoms with Crippen LogP contribution in [0.5, 0.6) is 11.5 Å². The molecule has 0 aliphatic heterocycles. The average Bonchev–Trinajstić information content (AvgIpc) is 3.00. The molecular formula is C36H47N2O4S+. The fourth-order valence-electron chi connectivity index (χ4n) is 6.05. The number of aryl methyl sites for hydroxylation is 2. The Bertz CT molecular complexity index is 1590. The standard InChI is InChI=1S/C36H47N2O4S/c1-7-38(8-2,27-31-22-34(41-5)25-35(23-31)42-6)18-12-11-17-37(26-30-20-28(3)19-29(4)21-30)43(39,40)36-16-15-32-13-9-10-14-33(32)24-36/h9-10,13-16,19-25H,7-8,11-12,17-18,26-27H2,1-6H3/q+1. The molecule has 4 aromatic carbocycles. The Morgan fingerprint density at radius 2 is 1.35 bits per heavy atom. The zero-order valence-electron chi connectivity index (χ0n) is 26.6. The summed E-state index contributed by atoms with van der Waals surface area (Å²) >= 11 is 0. The summed E-state index contributed by atoms with van der Waals surface area (Å²) in [5, 5.41) is 1.96. The van der Waals surface area contributed by atoms with Crippen LogP contribution < -0.4 is 9.47 Å². The number of rotatable bonds is 15. The van der Waals surface area contributed by atoms with Crippen LogP contribution in [-0.2, 0) is 23.1 Å². The number of nitrogens with zero attached hydrogens (tertiary/aromatic N) is 2. The lowest BCUT2D eigenvalue weighted by Gasteiger charge is -2.37. The van der Waals surface area contributed by atoms with E-state index in [2.05, 4.69) is 58.0 Å². The summed E-state index contributed by atoms with van der Waals surface area (Å²) in [6.07, 6.45) is 1.69. The molecule has 0 aromatic heterocycles. The number of hydrogen-bond donors (Lipinski definition) is 0. The highest BCUT2D eigenvalue weighted by Crippen LogP contribution is 2.27. The molecule has 0 spiro atoms. The molecular weight excluding hydrogens is 556 g/mol. The number of hydrogen-bond acceptors (Lipinski definition) is 4. The number of fused-ring (bicyclic) bond motifs is 1. The van der Waals surface area contributed by atoms with Crippen molar-refractivity contribution >= 4 is 20.8 Å². The van der Waals surface area contributed by atoms with Gasteiger partial charge in [-0.2, -0.15) is 4.31 Å². The highest BCUT2D eigenvalue weighted by molar-refractivity contribution is 7.89. The first-order chi connectivity index (χ1) is 20.6. The molecule has 43 heavy (non-hydrogen) atoms. The Balaban J connectivity index is 1.54. The van der Waals surface area contributed by atoms with Gasteiger partial charge in [0.25, 0.3) is 0 Å². The number of ether oxygens (including phenoxy) is 2. The maximum atomic E-state index is 14.1. The van der Waals surface area contributed by atoms with Gasteiger partial charge in [-0.25, -0.2) is 8.42 Å². The number of quaternary nitrogens is 1. The van der Waals surface area contributed by atoms with Crippen LogP contribution >= 0.6 is 0 Å². The Morgan fingerprint density at radius 1 is 0.721 bits per heavy atom. The third kappa shape index (κ3) is 8.17. The molecule has 0 saturated heterocycles. The van der Waals surface area contributed by atoms with Crippen LogP contribution in [0.25, 0.3) is 10.8 Å². The molecule has 0 N–H and O–H groups in total. The molecule has 0 atom stereocenters. The van der Waals surface area contributed by atoms with Gasteiger partial charge in [-0.1, -0.05) is 59.7 Å². The SMILES string of the molecule is CC[N+](CC)(CCCCN(Cc1cc(C)cc(C)c1)S(=O)(=O)c1ccc2ccccc2c1)Cc1cc(OC)cc(OC)c1. The molecule has 0 aliphatic carbocycles. The van der Waals surface area contributed by atoms with Crippen LogP contribution in [0.1, 0.15) is 48.9 Å². The molecule has 0 amide bonds. The van der Waals surface area contributed by atoms with E-state index in [4.69, 9.17) is 9.47 Å². The van der Waals surface area contributed by atoms with E-state index in [-0.39, 0.29) is 0 Å². The van der Waals surface area contributed by atoms with E-state index < -0.39 is 10.0 Å². The van der Waals surface area contributed by atoms with E-state index in [9.17, 15) is 8.42 Å². The van der Waals surface area contributed by atoms with Crippen LogP contribution in [-0.4, -0.2) is 57.6 Å². The van der Waals surface area contributed by atoms with Gasteiger partial charge in [0.1, 0.15) is 18.0 Å². The molecule has 6 nitrogen and oxygen atoms in total. The summed E-state index contributed by atoms with van der Waals surface area (Å²) in [4.78, 5) is 0.342. The quantitative estimate of drug-likeness (QED) is 0.104. The van der Waals surface area contributed by atoms with Gasteiger partial charge in [0.2, 0.25) is 10.0 Å². The fraction of sp³-hybridized carbons (Fsp3) is 0.389. The van der Waals surface area contributed by atoms with Gasteiger partial charge in [-0.05, 0) is 81.1 Å². The molecule has 0 aliphatic rings. The zero-order valence-corrected chi connectivity index (χ0v) is 27.4. The van der Waals surface area contributed by atoms with Gasteiger partial charge in [0.15, 0.2) is 0 Å². The number of methoxy groups -OCH3 is 2. The third-order valence-electron chi connectivity index (χ3n) is 8.56. The highest BCUT2D eigenvalue weighted by Gasteiger charge is 2.27. The van der Waals surface area contributed by atoms with Gasteiger partial charge in [-0.15, -0.1) is 0 Å². The predicted octanol–water partition coefficient (Wildman–Crippen LogP) is 7.50. The van der Waals surface area contributed by atoms with E-state index >= 15 is 0 Å². The maximum Gasteiger partial charge on any atom is 0.243 e. The Morgan fingerprint density at radius 3 is 1.95 bits per heavy atom. The smallest absolute Gasteiger partial charge is 0.243 e. The number of sulfonamides is 1. The molecule has 0 saturated carbocycles. The molecule has 230 valence electrons. The highest BCUT2D eigenvalue weighted by atomic mass is 32.2. The third-order valence-corrected chi connectivity index (χ3v) is 10.4. The Hall–Kier alpha value is -3.39. The lowest BCUT2D eigenvalue weighted by Crippen LogP contribution is -2.47. The van der Waals surface area contributed by atoms with E-state index in [0.717, 1.165) is 82.5 Å². The van der Waals surface area contributed by atoms with Crippen molar-refractivity contribution in [3.05, 3.63) is 101 Å². The van der Waals surface area contributed by atoms with E-state index in [0.29, 0.717) is 18.0 Å². The van der Waals surface area contributed by atoms with Crippen LogP contribution in [0.2, 0.25) is 0 Å². The molecule has 0 heterocycles. The van der Waals surface area contributed by atoms with E-state index in [1.54, 1.807) is 30.7 Å². The minimum Gasteiger partial charge on any atom is -0.497 e. The number of benzene rings is 4. The summed E-state index contributed by atoms with van der Waals surface area (Å²) in [5.41, 5.74) is 4.47. The summed E-state index contributed by atoms with van der Waals surface area (Å²) in [6.45, 7) is 13.2. The van der Waals surface area contributed by atoms with Crippen molar-refractivity contribution in [3.63, 3.8) is 0 Å². The van der Waals surface area contributed by atoms with Gasteiger partial charge >= 0.3 is 0 Å². The maximum absolute atomic E-state index is 14.1. The summed E-state index contributed by atoms with van der Waals surface area (Å²) in [7, 11) is -0.354. The Kier molecular flexibility index (Phi) is 10.9. The molecule has 0 bridgehead atoms. The second-order valence-corrected chi connectivity index (χ2v) is 13.6. The van der Waals surface area contributed by atoms with Gasteiger partial charge in [0.05, 0.1) is 38.7 Å². The summed E-state index contributed by atoms with van der Waals surface area (Å²) in [5.74, 6) is 1.58. The molecule has 4 rings (SSSR count). The first-order valence-corrected chi connectivity index (χ1v) is 16.7. The van der Waals surface area contributed by atoms with E-state index in [1.165, 1.54) is 5.56 Å². The fourth-order valence-corrected chi connectivity index (χ4v) is 7.55. The van der Waals surface area contributed by atoms with Gasteiger partial charge in [-0.3, -0.25) is 0 Å².